The Kier molecular flexibility index (Phi) is 3.53. The molecule has 0 radical (unpaired) electrons. The molecule has 3 rings (SSSR count). The van der Waals surface area contributed by atoms with Gasteiger partial charge >= 0.3 is 0 Å². The van der Waals surface area contributed by atoms with E-state index in [0.717, 1.165) is 12.8 Å². The summed E-state index contributed by atoms with van der Waals surface area (Å²) in [6, 6.07) is 23.0. The lowest BCUT2D eigenvalue weighted by molar-refractivity contribution is 0.0403. The third kappa shape index (κ3) is 2.46. The summed E-state index contributed by atoms with van der Waals surface area (Å²) in [5.74, 6) is 0. The zero-order valence-corrected chi connectivity index (χ0v) is 12.0. The predicted octanol–water partition coefficient (Wildman–Crippen LogP) is 3.80. The number of hydrogen-bond donors (Lipinski definition) is 1. The lowest BCUT2D eigenvalue weighted by Gasteiger charge is -2.42. The first-order valence-corrected chi connectivity index (χ1v) is 7.43. The Bertz CT molecular complexity index is 593. The molecule has 0 amide bonds. The van der Waals surface area contributed by atoms with E-state index in [4.69, 9.17) is 5.26 Å². The molecule has 0 saturated heterocycles. The summed E-state index contributed by atoms with van der Waals surface area (Å²) in [7, 11) is 0. The van der Waals surface area contributed by atoms with Gasteiger partial charge in [-0.25, -0.2) is 0 Å². The van der Waals surface area contributed by atoms with Gasteiger partial charge in [-0.1, -0.05) is 60.7 Å². The minimum absolute atomic E-state index is 0.0917. The predicted molar refractivity (Wildman–Crippen MR) is 82.7 cm³/mol. The van der Waals surface area contributed by atoms with Gasteiger partial charge < -0.3 is 5.11 Å². The Hall–Kier alpha value is -2.11. The molecule has 0 aromatic heterocycles. The minimum Gasteiger partial charge on any atom is -0.375 e. The average Bonchev–Trinajstić information content (AvgIpc) is 2.57. The van der Waals surface area contributed by atoms with Gasteiger partial charge in [-0.2, -0.15) is 5.26 Å². The Labute approximate surface area is 125 Å². The van der Waals surface area contributed by atoms with Crippen LogP contribution in [-0.2, 0) is 5.41 Å². The molecule has 1 N–H and O–H groups in total. The molecule has 1 aliphatic carbocycles. The van der Waals surface area contributed by atoms with Crippen molar-refractivity contribution in [2.24, 2.45) is 0 Å². The maximum atomic E-state index is 10.2. The zero-order valence-electron chi connectivity index (χ0n) is 12.0. The van der Waals surface area contributed by atoms with Crippen LogP contribution < -0.4 is 0 Å². The van der Waals surface area contributed by atoms with Gasteiger partial charge in [0, 0.05) is 5.41 Å². The Morgan fingerprint density at radius 1 is 0.762 bits per heavy atom. The number of rotatable bonds is 2. The monoisotopic (exact) mass is 277 g/mol. The van der Waals surface area contributed by atoms with Crippen LogP contribution in [0.4, 0.5) is 0 Å². The summed E-state index contributed by atoms with van der Waals surface area (Å²) < 4.78 is 0. The molecule has 0 unspecified atom stereocenters. The first-order valence-electron chi connectivity index (χ1n) is 7.43. The van der Waals surface area contributed by atoms with Crippen LogP contribution in [0.3, 0.4) is 0 Å². The lowest BCUT2D eigenvalue weighted by Crippen LogP contribution is -2.41. The fraction of sp³-hybridized carbons (Fsp3) is 0.316. The SMILES string of the molecule is N#CC1(O)CCC(c2ccccc2)(c2ccccc2)CC1. The number of nitriles is 1. The Morgan fingerprint density at radius 2 is 1.19 bits per heavy atom. The van der Waals surface area contributed by atoms with E-state index in [1.54, 1.807) is 0 Å². The van der Waals surface area contributed by atoms with E-state index in [9.17, 15) is 5.11 Å². The fourth-order valence-electron chi connectivity index (χ4n) is 3.46. The molecule has 2 nitrogen and oxygen atoms in total. The highest BCUT2D eigenvalue weighted by atomic mass is 16.3. The topological polar surface area (TPSA) is 44.0 Å². The molecule has 2 aromatic rings. The average molecular weight is 277 g/mol. The van der Waals surface area contributed by atoms with Crippen molar-refractivity contribution in [3.05, 3.63) is 71.8 Å². The van der Waals surface area contributed by atoms with Crippen LogP contribution in [0.5, 0.6) is 0 Å². The summed E-state index contributed by atoms with van der Waals surface area (Å²) >= 11 is 0. The second-order valence-electron chi connectivity index (χ2n) is 5.96. The smallest absolute Gasteiger partial charge is 0.151 e. The van der Waals surface area contributed by atoms with Crippen molar-refractivity contribution in [2.45, 2.75) is 36.7 Å². The first-order chi connectivity index (χ1) is 10.2. The molecule has 0 heterocycles. The highest BCUT2D eigenvalue weighted by molar-refractivity contribution is 5.40. The highest BCUT2D eigenvalue weighted by Gasteiger charge is 2.43. The molecule has 1 aliphatic rings. The quantitative estimate of drug-likeness (QED) is 0.848. The van der Waals surface area contributed by atoms with Gasteiger partial charge in [-0.05, 0) is 36.8 Å². The molecule has 21 heavy (non-hydrogen) atoms. The molecule has 0 atom stereocenters. The van der Waals surface area contributed by atoms with Crippen LogP contribution in [0.1, 0.15) is 36.8 Å². The summed E-state index contributed by atoms with van der Waals surface area (Å²) in [4.78, 5) is 0. The van der Waals surface area contributed by atoms with Crippen molar-refractivity contribution in [3.8, 4) is 6.07 Å². The second kappa shape index (κ2) is 5.35. The van der Waals surface area contributed by atoms with Crippen molar-refractivity contribution in [3.63, 3.8) is 0 Å². The van der Waals surface area contributed by atoms with E-state index in [1.165, 1.54) is 11.1 Å². The van der Waals surface area contributed by atoms with E-state index in [1.807, 2.05) is 12.1 Å². The van der Waals surface area contributed by atoms with E-state index in [-0.39, 0.29) is 5.41 Å². The van der Waals surface area contributed by atoms with E-state index in [0.29, 0.717) is 12.8 Å². The van der Waals surface area contributed by atoms with Crippen molar-refractivity contribution in [1.29, 1.82) is 5.26 Å². The van der Waals surface area contributed by atoms with Crippen molar-refractivity contribution in [1.82, 2.24) is 0 Å². The standard InChI is InChI=1S/C19H19NO/c20-15-18(21)11-13-19(14-12-18,16-7-3-1-4-8-16)17-9-5-2-6-10-17/h1-10,21H,11-14H2. The zero-order chi connectivity index (χ0) is 14.8. The molecule has 2 heteroatoms. The van der Waals surface area contributed by atoms with Crippen LogP contribution in [0, 0.1) is 11.3 Å². The van der Waals surface area contributed by atoms with Crippen molar-refractivity contribution in [2.75, 3.05) is 0 Å². The molecule has 1 fully saturated rings. The minimum atomic E-state index is -1.16. The molecule has 0 aliphatic heterocycles. The van der Waals surface area contributed by atoms with Crippen molar-refractivity contribution >= 4 is 0 Å². The number of hydrogen-bond acceptors (Lipinski definition) is 2. The molecule has 0 bridgehead atoms. The number of benzene rings is 2. The summed E-state index contributed by atoms with van der Waals surface area (Å²) in [5.41, 5.74) is 1.30. The van der Waals surface area contributed by atoms with Gasteiger partial charge in [0.1, 0.15) is 0 Å². The maximum absolute atomic E-state index is 10.2. The van der Waals surface area contributed by atoms with E-state index >= 15 is 0 Å². The number of nitrogens with zero attached hydrogens (tertiary/aromatic N) is 1. The lowest BCUT2D eigenvalue weighted by atomic mass is 9.62. The van der Waals surface area contributed by atoms with Gasteiger partial charge in [-0.15, -0.1) is 0 Å². The Balaban J connectivity index is 2.05. The van der Waals surface area contributed by atoms with Gasteiger partial charge in [0.25, 0.3) is 0 Å². The van der Waals surface area contributed by atoms with Crippen LogP contribution in [0.2, 0.25) is 0 Å². The van der Waals surface area contributed by atoms with Crippen LogP contribution in [0.25, 0.3) is 0 Å². The third-order valence-corrected chi connectivity index (χ3v) is 4.79. The fourth-order valence-corrected chi connectivity index (χ4v) is 3.46. The molecule has 1 saturated carbocycles. The normalized spacial score (nSPS) is 19.6. The maximum Gasteiger partial charge on any atom is 0.151 e. The van der Waals surface area contributed by atoms with Gasteiger partial charge in [-0.3, -0.25) is 0 Å². The molecule has 106 valence electrons. The first kappa shape index (κ1) is 13.9. The molecular weight excluding hydrogens is 258 g/mol. The second-order valence-corrected chi connectivity index (χ2v) is 5.96. The van der Waals surface area contributed by atoms with Gasteiger partial charge in [0.2, 0.25) is 0 Å². The number of aliphatic hydroxyl groups is 1. The van der Waals surface area contributed by atoms with Crippen molar-refractivity contribution < 1.29 is 5.11 Å². The van der Waals surface area contributed by atoms with Gasteiger partial charge in [0.05, 0.1) is 6.07 Å². The van der Waals surface area contributed by atoms with Crippen LogP contribution in [0.15, 0.2) is 60.7 Å². The van der Waals surface area contributed by atoms with E-state index in [2.05, 4.69) is 54.6 Å². The largest absolute Gasteiger partial charge is 0.375 e. The van der Waals surface area contributed by atoms with Gasteiger partial charge in [0.15, 0.2) is 5.60 Å². The third-order valence-electron chi connectivity index (χ3n) is 4.79. The summed E-state index contributed by atoms with van der Waals surface area (Å²) in [6.07, 6.45) is 2.64. The Morgan fingerprint density at radius 3 is 1.57 bits per heavy atom. The van der Waals surface area contributed by atoms with E-state index < -0.39 is 5.60 Å². The molecular formula is C19H19NO. The highest BCUT2D eigenvalue weighted by Crippen LogP contribution is 2.47. The van der Waals surface area contributed by atoms with Crippen LogP contribution in [-0.4, -0.2) is 10.7 Å². The summed E-state index contributed by atoms with van der Waals surface area (Å²) in [6.45, 7) is 0. The van der Waals surface area contributed by atoms with Crippen LogP contribution >= 0.6 is 0 Å². The summed E-state index contributed by atoms with van der Waals surface area (Å²) in [5, 5.41) is 19.4. The molecule has 2 aromatic carbocycles. The molecule has 0 spiro atoms.